The predicted octanol–water partition coefficient (Wildman–Crippen LogP) is 1.51. The fourth-order valence-corrected chi connectivity index (χ4v) is 2.57. The van der Waals surface area contributed by atoms with E-state index in [2.05, 4.69) is 27.4 Å². The van der Waals surface area contributed by atoms with Gasteiger partial charge in [-0.15, -0.1) is 24.0 Å². The fourth-order valence-electron chi connectivity index (χ4n) is 2.57. The maximum atomic E-state index is 11.6. The highest BCUT2D eigenvalue weighted by Crippen LogP contribution is 2.13. The Hall–Kier alpha value is -0.570. The highest BCUT2D eigenvalue weighted by Gasteiger charge is 2.16. The summed E-state index contributed by atoms with van der Waals surface area (Å²) in [6.45, 7) is 8.64. The van der Waals surface area contributed by atoms with Crippen LogP contribution in [0.25, 0.3) is 0 Å². The third-order valence-electron chi connectivity index (χ3n) is 4.08. The molecular formula is C16H34IN5O. The van der Waals surface area contributed by atoms with E-state index in [1.54, 1.807) is 19.0 Å². The molecule has 0 saturated carbocycles. The molecule has 0 spiro atoms. The Labute approximate surface area is 158 Å². The van der Waals surface area contributed by atoms with Crippen molar-refractivity contribution in [2.75, 3.05) is 46.8 Å². The SMILES string of the molecule is CCNC(=NCC(=O)N(C)C)NCCC(C)N1CCCCC1.I. The summed E-state index contributed by atoms with van der Waals surface area (Å²) in [6.07, 6.45) is 5.12. The molecule has 7 heteroatoms. The number of carbonyl (C=O) groups excluding carboxylic acids is 1. The lowest BCUT2D eigenvalue weighted by atomic mass is 10.1. The first-order chi connectivity index (χ1) is 10.5. The number of likely N-dealkylation sites (N-methyl/N-ethyl adjacent to an activating group) is 1. The van der Waals surface area contributed by atoms with Crippen LogP contribution >= 0.6 is 24.0 Å². The van der Waals surface area contributed by atoms with Crippen LogP contribution in [0.3, 0.4) is 0 Å². The van der Waals surface area contributed by atoms with Gasteiger partial charge in [0.2, 0.25) is 5.91 Å². The van der Waals surface area contributed by atoms with Crippen LogP contribution < -0.4 is 10.6 Å². The van der Waals surface area contributed by atoms with Crippen LogP contribution in [-0.4, -0.2) is 74.5 Å². The Balaban J connectivity index is 0.00000484. The summed E-state index contributed by atoms with van der Waals surface area (Å²) in [5, 5.41) is 6.51. The number of nitrogens with zero attached hydrogens (tertiary/aromatic N) is 3. The number of carbonyl (C=O) groups is 1. The first-order valence-corrected chi connectivity index (χ1v) is 8.51. The lowest BCUT2D eigenvalue weighted by molar-refractivity contribution is -0.127. The van der Waals surface area contributed by atoms with Crippen LogP contribution in [0.1, 0.15) is 39.5 Å². The maximum absolute atomic E-state index is 11.6. The summed E-state index contributed by atoms with van der Waals surface area (Å²) in [7, 11) is 3.50. The molecule has 1 heterocycles. The zero-order chi connectivity index (χ0) is 16.4. The summed E-state index contributed by atoms with van der Waals surface area (Å²) in [5.74, 6) is 0.738. The number of piperidine rings is 1. The number of guanidine groups is 1. The maximum Gasteiger partial charge on any atom is 0.243 e. The Morgan fingerprint density at radius 1 is 1.22 bits per heavy atom. The summed E-state index contributed by atoms with van der Waals surface area (Å²) in [5.41, 5.74) is 0. The van der Waals surface area contributed by atoms with E-state index in [-0.39, 0.29) is 36.4 Å². The largest absolute Gasteiger partial charge is 0.357 e. The van der Waals surface area contributed by atoms with E-state index < -0.39 is 0 Å². The normalized spacial score (nSPS) is 17.1. The van der Waals surface area contributed by atoms with Gasteiger partial charge in [0.15, 0.2) is 5.96 Å². The first-order valence-electron chi connectivity index (χ1n) is 8.51. The van der Waals surface area contributed by atoms with Crippen LogP contribution in [0.2, 0.25) is 0 Å². The highest BCUT2D eigenvalue weighted by atomic mass is 127. The van der Waals surface area contributed by atoms with E-state index in [1.807, 2.05) is 6.92 Å². The number of amides is 1. The minimum Gasteiger partial charge on any atom is -0.357 e. The van der Waals surface area contributed by atoms with E-state index in [1.165, 1.54) is 32.4 Å². The molecule has 1 aliphatic heterocycles. The zero-order valence-corrected chi connectivity index (χ0v) is 17.4. The lowest BCUT2D eigenvalue weighted by Crippen LogP contribution is -2.42. The standard InChI is InChI=1S/C16H33N5O.HI/c1-5-17-16(19-13-15(22)20(3)4)18-10-9-14(2)21-11-7-6-8-12-21;/h14H,5-13H2,1-4H3,(H2,17,18,19);1H. The number of aliphatic imine (C=N–C) groups is 1. The molecule has 1 aliphatic rings. The predicted molar refractivity (Wildman–Crippen MR) is 108 cm³/mol. The molecule has 1 amide bonds. The molecule has 0 radical (unpaired) electrons. The number of hydrogen-bond donors (Lipinski definition) is 2. The molecule has 1 fully saturated rings. The molecule has 6 nitrogen and oxygen atoms in total. The Bertz CT molecular complexity index is 356. The topological polar surface area (TPSA) is 60.0 Å². The molecule has 1 rings (SSSR count). The fraction of sp³-hybridized carbons (Fsp3) is 0.875. The number of rotatable bonds is 7. The molecule has 0 bridgehead atoms. The van der Waals surface area contributed by atoms with Crippen LogP contribution in [0.5, 0.6) is 0 Å². The number of halogens is 1. The van der Waals surface area contributed by atoms with Gasteiger partial charge < -0.3 is 20.4 Å². The number of nitrogens with one attached hydrogen (secondary N) is 2. The van der Waals surface area contributed by atoms with Crippen LogP contribution in [0, 0.1) is 0 Å². The van der Waals surface area contributed by atoms with Gasteiger partial charge in [0.05, 0.1) is 0 Å². The van der Waals surface area contributed by atoms with Gasteiger partial charge in [0.1, 0.15) is 6.54 Å². The van der Waals surface area contributed by atoms with Crippen molar-refractivity contribution in [3.63, 3.8) is 0 Å². The molecular weight excluding hydrogens is 405 g/mol. The average molecular weight is 439 g/mol. The second kappa shape index (κ2) is 12.8. The van der Waals surface area contributed by atoms with Crippen molar-refractivity contribution in [2.45, 2.75) is 45.6 Å². The van der Waals surface area contributed by atoms with Crippen molar-refractivity contribution < 1.29 is 4.79 Å². The van der Waals surface area contributed by atoms with E-state index in [0.717, 1.165) is 25.5 Å². The van der Waals surface area contributed by atoms with E-state index >= 15 is 0 Å². The van der Waals surface area contributed by atoms with Crippen LogP contribution in [-0.2, 0) is 4.79 Å². The molecule has 136 valence electrons. The van der Waals surface area contributed by atoms with Crippen molar-refractivity contribution >= 4 is 35.8 Å². The third-order valence-corrected chi connectivity index (χ3v) is 4.08. The number of hydrogen-bond acceptors (Lipinski definition) is 3. The van der Waals surface area contributed by atoms with Crippen LogP contribution in [0.15, 0.2) is 4.99 Å². The quantitative estimate of drug-likeness (QED) is 0.359. The van der Waals surface area contributed by atoms with Gasteiger partial charge in [-0.3, -0.25) is 4.79 Å². The molecule has 0 aliphatic carbocycles. The second-order valence-electron chi connectivity index (χ2n) is 6.14. The minimum atomic E-state index is 0. The monoisotopic (exact) mass is 439 g/mol. The lowest BCUT2D eigenvalue weighted by Gasteiger charge is -2.32. The first kappa shape index (κ1) is 22.4. The second-order valence-corrected chi connectivity index (χ2v) is 6.14. The average Bonchev–Trinajstić information content (AvgIpc) is 2.52. The molecule has 0 aromatic rings. The molecule has 23 heavy (non-hydrogen) atoms. The van der Waals surface area contributed by atoms with E-state index in [4.69, 9.17) is 0 Å². The van der Waals surface area contributed by atoms with Gasteiger partial charge in [0.25, 0.3) is 0 Å². The van der Waals surface area contributed by atoms with Crippen molar-refractivity contribution in [3.8, 4) is 0 Å². The van der Waals surface area contributed by atoms with Gasteiger partial charge in [-0.25, -0.2) is 4.99 Å². The molecule has 0 aromatic heterocycles. The third kappa shape index (κ3) is 9.34. The molecule has 1 unspecified atom stereocenters. The van der Waals surface area contributed by atoms with Crippen molar-refractivity contribution in [2.24, 2.45) is 4.99 Å². The Morgan fingerprint density at radius 2 is 1.87 bits per heavy atom. The summed E-state index contributed by atoms with van der Waals surface area (Å²) >= 11 is 0. The smallest absolute Gasteiger partial charge is 0.243 e. The van der Waals surface area contributed by atoms with Gasteiger partial charge in [-0.2, -0.15) is 0 Å². The molecule has 1 saturated heterocycles. The molecule has 0 aromatic carbocycles. The van der Waals surface area contributed by atoms with Gasteiger partial charge in [-0.05, 0) is 46.2 Å². The van der Waals surface area contributed by atoms with Crippen molar-refractivity contribution in [1.82, 2.24) is 20.4 Å². The van der Waals surface area contributed by atoms with E-state index in [9.17, 15) is 4.79 Å². The molecule has 2 N–H and O–H groups in total. The Kier molecular flexibility index (Phi) is 12.5. The Morgan fingerprint density at radius 3 is 2.43 bits per heavy atom. The van der Waals surface area contributed by atoms with Crippen molar-refractivity contribution in [1.29, 1.82) is 0 Å². The van der Waals surface area contributed by atoms with Crippen molar-refractivity contribution in [3.05, 3.63) is 0 Å². The summed E-state index contributed by atoms with van der Waals surface area (Å²) in [6, 6.07) is 0.596. The summed E-state index contributed by atoms with van der Waals surface area (Å²) < 4.78 is 0. The molecule has 1 atom stereocenters. The summed E-state index contributed by atoms with van der Waals surface area (Å²) in [4.78, 5) is 20.1. The van der Waals surface area contributed by atoms with Gasteiger partial charge in [0, 0.05) is 33.2 Å². The van der Waals surface area contributed by atoms with Gasteiger partial charge >= 0.3 is 0 Å². The van der Waals surface area contributed by atoms with Gasteiger partial charge in [-0.1, -0.05) is 6.42 Å². The zero-order valence-electron chi connectivity index (χ0n) is 15.1. The van der Waals surface area contributed by atoms with E-state index in [0.29, 0.717) is 6.04 Å². The van der Waals surface area contributed by atoms with Crippen LogP contribution in [0.4, 0.5) is 0 Å². The minimum absolute atomic E-state index is 0. The highest BCUT2D eigenvalue weighted by molar-refractivity contribution is 14.0. The number of likely N-dealkylation sites (tertiary alicyclic amines) is 1.